The summed E-state index contributed by atoms with van der Waals surface area (Å²) in [5.74, 6) is -0.588. The molecule has 0 saturated heterocycles. The third-order valence-corrected chi connectivity index (χ3v) is 4.02. The van der Waals surface area contributed by atoms with Gasteiger partial charge in [0.1, 0.15) is 11.4 Å². The fraction of sp³-hybridized carbons (Fsp3) is 0.385. The van der Waals surface area contributed by atoms with E-state index in [1.54, 1.807) is 28.7 Å². The van der Waals surface area contributed by atoms with Crippen LogP contribution in [0.25, 0.3) is 0 Å². The summed E-state index contributed by atoms with van der Waals surface area (Å²) in [5.41, 5.74) is 3.13. The molecule has 2 N–H and O–H groups in total. The average Bonchev–Trinajstić information content (AvgIpc) is 3.17. The maximum atomic E-state index is 12.1. The van der Waals surface area contributed by atoms with Gasteiger partial charge in [-0.1, -0.05) is 0 Å². The quantitative estimate of drug-likeness (QED) is 0.789. The Hall–Kier alpha value is -1.84. The van der Waals surface area contributed by atoms with E-state index in [9.17, 15) is 9.59 Å². The number of ether oxygens (including phenoxy) is 1. The van der Waals surface area contributed by atoms with Crippen LogP contribution in [-0.4, -0.2) is 47.6 Å². The van der Waals surface area contributed by atoms with Gasteiger partial charge in [0.25, 0.3) is 11.8 Å². The number of thiazole rings is 2. The van der Waals surface area contributed by atoms with Crippen molar-refractivity contribution in [1.29, 1.82) is 0 Å². The maximum Gasteiger partial charge on any atom is 0.271 e. The zero-order valence-corrected chi connectivity index (χ0v) is 13.8. The molecule has 1 atom stereocenters. The van der Waals surface area contributed by atoms with Gasteiger partial charge < -0.3 is 15.4 Å². The predicted molar refractivity (Wildman–Crippen MR) is 84.3 cm³/mol. The molecule has 2 heterocycles. The molecule has 0 saturated carbocycles. The largest absolute Gasteiger partial charge is 0.382 e. The molecule has 1 unspecified atom stereocenters. The van der Waals surface area contributed by atoms with Gasteiger partial charge in [-0.3, -0.25) is 9.59 Å². The molecule has 9 heteroatoms. The molecular formula is C13H16N4O3S2. The smallest absolute Gasteiger partial charge is 0.271 e. The molecule has 2 amide bonds. The van der Waals surface area contributed by atoms with Gasteiger partial charge in [0.15, 0.2) is 0 Å². The first-order valence-corrected chi connectivity index (χ1v) is 8.29. The van der Waals surface area contributed by atoms with Gasteiger partial charge in [0, 0.05) is 24.4 Å². The minimum Gasteiger partial charge on any atom is -0.382 e. The minimum atomic E-state index is -0.749. The SMILES string of the molecule is COCC(C)(CNC(=O)c1cscn1)NC(=O)c1cscn1. The third kappa shape index (κ3) is 4.33. The van der Waals surface area contributed by atoms with Gasteiger partial charge >= 0.3 is 0 Å². The van der Waals surface area contributed by atoms with E-state index >= 15 is 0 Å². The Bertz CT molecular complexity index is 615. The summed E-state index contributed by atoms with van der Waals surface area (Å²) in [4.78, 5) is 32.0. The second-order valence-corrected chi connectivity index (χ2v) is 6.32. The van der Waals surface area contributed by atoms with Gasteiger partial charge in [-0.2, -0.15) is 0 Å². The Morgan fingerprint density at radius 3 is 2.27 bits per heavy atom. The van der Waals surface area contributed by atoms with Crippen molar-refractivity contribution in [3.8, 4) is 0 Å². The highest BCUT2D eigenvalue weighted by molar-refractivity contribution is 7.08. The van der Waals surface area contributed by atoms with E-state index in [0.29, 0.717) is 11.4 Å². The molecule has 118 valence electrons. The molecule has 2 rings (SSSR count). The van der Waals surface area contributed by atoms with Crippen molar-refractivity contribution in [2.24, 2.45) is 0 Å². The van der Waals surface area contributed by atoms with E-state index in [-0.39, 0.29) is 25.0 Å². The second kappa shape index (κ2) is 7.43. The number of nitrogens with zero attached hydrogens (tertiary/aromatic N) is 2. The number of aromatic nitrogens is 2. The van der Waals surface area contributed by atoms with Crippen LogP contribution < -0.4 is 10.6 Å². The van der Waals surface area contributed by atoms with Crippen molar-refractivity contribution in [3.05, 3.63) is 33.2 Å². The number of rotatable bonds is 7. The highest BCUT2D eigenvalue weighted by atomic mass is 32.1. The van der Waals surface area contributed by atoms with Gasteiger partial charge in [0.2, 0.25) is 0 Å². The van der Waals surface area contributed by atoms with E-state index in [2.05, 4.69) is 20.6 Å². The van der Waals surface area contributed by atoms with E-state index in [0.717, 1.165) is 0 Å². The van der Waals surface area contributed by atoms with E-state index < -0.39 is 5.54 Å². The lowest BCUT2D eigenvalue weighted by Crippen LogP contribution is -2.56. The predicted octanol–water partition coefficient (Wildman–Crippen LogP) is 1.16. The van der Waals surface area contributed by atoms with Crippen LogP contribution in [0.1, 0.15) is 27.9 Å². The zero-order chi connectivity index (χ0) is 16.0. The van der Waals surface area contributed by atoms with Crippen molar-refractivity contribution in [2.45, 2.75) is 12.5 Å². The van der Waals surface area contributed by atoms with Crippen LogP contribution in [0.15, 0.2) is 21.8 Å². The van der Waals surface area contributed by atoms with Crippen LogP contribution in [0.5, 0.6) is 0 Å². The first-order valence-electron chi connectivity index (χ1n) is 6.40. The number of carbonyl (C=O) groups excluding carboxylic acids is 2. The number of hydrogen-bond acceptors (Lipinski definition) is 7. The number of carbonyl (C=O) groups is 2. The summed E-state index contributed by atoms with van der Waals surface area (Å²) < 4.78 is 5.15. The van der Waals surface area contributed by atoms with Crippen molar-refractivity contribution >= 4 is 34.5 Å². The Morgan fingerprint density at radius 2 is 1.77 bits per heavy atom. The van der Waals surface area contributed by atoms with Crippen LogP contribution >= 0.6 is 22.7 Å². The number of amides is 2. The Balaban J connectivity index is 1.98. The first-order chi connectivity index (χ1) is 10.5. The van der Waals surface area contributed by atoms with Gasteiger partial charge in [0.05, 0.1) is 23.2 Å². The number of hydrogen-bond donors (Lipinski definition) is 2. The van der Waals surface area contributed by atoms with Gasteiger partial charge in [-0.05, 0) is 6.92 Å². The summed E-state index contributed by atoms with van der Waals surface area (Å²) >= 11 is 2.69. The molecule has 0 aliphatic heterocycles. The third-order valence-electron chi connectivity index (χ3n) is 2.85. The molecule has 2 aromatic heterocycles. The Kier molecular flexibility index (Phi) is 5.58. The fourth-order valence-electron chi connectivity index (χ4n) is 1.80. The molecule has 7 nitrogen and oxygen atoms in total. The lowest BCUT2D eigenvalue weighted by Gasteiger charge is -2.30. The summed E-state index contributed by atoms with van der Waals surface area (Å²) in [6.45, 7) is 2.26. The Labute approximate surface area is 135 Å². The monoisotopic (exact) mass is 340 g/mol. The standard InChI is InChI=1S/C13H16N4O3S2/c1-13(6-20-2,17-12(19)10-4-22-8-16-10)5-14-11(18)9-3-21-7-15-9/h3-4,7-8H,5-6H2,1-2H3,(H,14,18)(H,17,19). The lowest BCUT2D eigenvalue weighted by atomic mass is 10.0. The van der Waals surface area contributed by atoms with Crippen molar-refractivity contribution in [1.82, 2.24) is 20.6 Å². The highest BCUT2D eigenvalue weighted by Crippen LogP contribution is 2.08. The topological polar surface area (TPSA) is 93.2 Å². The summed E-state index contributed by atoms with van der Waals surface area (Å²) in [6, 6.07) is 0. The van der Waals surface area contributed by atoms with Crippen LogP contribution in [0.3, 0.4) is 0 Å². The van der Waals surface area contributed by atoms with Crippen LogP contribution in [0.4, 0.5) is 0 Å². The van der Waals surface area contributed by atoms with Crippen LogP contribution in [-0.2, 0) is 4.74 Å². The molecular weight excluding hydrogens is 324 g/mol. The van der Waals surface area contributed by atoms with E-state index in [4.69, 9.17) is 4.74 Å². The maximum absolute atomic E-state index is 12.1. The molecule has 0 bridgehead atoms. The summed E-state index contributed by atoms with van der Waals surface area (Å²) in [5, 5.41) is 8.93. The number of nitrogens with one attached hydrogen (secondary N) is 2. The first kappa shape index (κ1) is 16.5. The van der Waals surface area contributed by atoms with Gasteiger partial charge in [-0.25, -0.2) is 9.97 Å². The molecule has 22 heavy (non-hydrogen) atoms. The van der Waals surface area contributed by atoms with Crippen LogP contribution in [0.2, 0.25) is 0 Å². The fourth-order valence-corrected chi connectivity index (χ4v) is 2.87. The highest BCUT2D eigenvalue weighted by Gasteiger charge is 2.28. The number of methoxy groups -OCH3 is 1. The zero-order valence-electron chi connectivity index (χ0n) is 12.2. The van der Waals surface area contributed by atoms with Crippen molar-refractivity contribution < 1.29 is 14.3 Å². The Morgan fingerprint density at radius 1 is 1.18 bits per heavy atom. The van der Waals surface area contributed by atoms with E-state index in [1.807, 2.05) is 0 Å². The second-order valence-electron chi connectivity index (χ2n) is 4.88. The van der Waals surface area contributed by atoms with E-state index in [1.165, 1.54) is 29.8 Å². The molecule has 0 radical (unpaired) electrons. The lowest BCUT2D eigenvalue weighted by molar-refractivity contribution is 0.0752. The van der Waals surface area contributed by atoms with Crippen molar-refractivity contribution in [2.75, 3.05) is 20.3 Å². The molecule has 0 spiro atoms. The summed E-state index contributed by atoms with van der Waals surface area (Å²) in [6.07, 6.45) is 0. The normalized spacial score (nSPS) is 13.4. The molecule has 0 aliphatic carbocycles. The molecule has 2 aromatic rings. The molecule has 0 aliphatic rings. The molecule has 0 aromatic carbocycles. The van der Waals surface area contributed by atoms with Crippen molar-refractivity contribution in [3.63, 3.8) is 0 Å². The minimum absolute atomic E-state index is 0.215. The van der Waals surface area contributed by atoms with Crippen LogP contribution in [0, 0.1) is 0 Å². The molecule has 0 fully saturated rings. The summed E-state index contributed by atoms with van der Waals surface area (Å²) in [7, 11) is 1.54. The average molecular weight is 340 g/mol. The van der Waals surface area contributed by atoms with Gasteiger partial charge in [-0.15, -0.1) is 22.7 Å².